The molecule has 3 rings (SSSR count). The maximum absolute atomic E-state index is 12.7. The Balaban J connectivity index is 1.91. The smallest absolute Gasteiger partial charge is 0.238 e. The molecular weight excluding hydrogens is 372 g/mol. The fourth-order valence-electron chi connectivity index (χ4n) is 2.48. The van der Waals surface area contributed by atoms with Gasteiger partial charge >= 0.3 is 0 Å². The van der Waals surface area contributed by atoms with Gasteiger partial charge in [0.1, 0.15) is 0 Å². The fourth-order valence-corrected chi connectivity index (χ4v) is 4.42. The van der Waals surface area contributed by atoms with Crippen molar-refractivity contribution in [2.45, 2.75) is 21.1 Å². The number of rotatable bonds is 5. The van der Waals surface area contributed by atoms with Crippen LogP contribution in [0.3, 0.4) is 0 Å². The minimum atomic E-state index is -3.98. The van der Waals surface area contributed by atoms with Crippen LogP contribution in [0.4, 0.5) is 0 Å². The van der Waals surface area contributed by atoms with Gasteiger partial charge in [-0.25, -0.2) is 22.0 Å². The van der Waals surface area contributed by atoms with E-state index in [1.165, 1.54) is 30.3 Å². The molecule has 2 aromatic carbocycles. The number of primary sulfonamides is 1. The first-order valence-corrected chi connectivity index (χ1v) is 10.7. The van der Waals surface area contributed by atoms with Crippen LogP contribution in [0.1, 0.15) is 11.1 Å². The van der Waals surface area contributed by atoms with Gasteiger partial charge in [0.25, 0.3) is 0 Å². The van der Waals surface area contributed by atoms with Crippen LogP contribution in [-0.4, -0.2) is 21.8 Å². The molecule has 2 N–H and O–H groups in total. The number of sulfonamides is 1. The van der Waals surface area contributed by atoms with Crippen molar-refractivity contribution < 1.29 is 16.8 Å². The highest BCUT2D eigenvalue weighted by molar-refractivity contribution is 7.91. The molecule has 0 aliphatic carbocycles. The van der Waals surface area contributed by atoms with Crippen molar-refractivity contribution in [3.63, 3.8) is 0 Å². The third kappa shape index (κ3) is 3.98. The lowest BCUT2D eigenvalue weighted by Gasteiger charge is -2.08. The maximum atomic E-state index is 12.7. The molecule has 26 heavy (non-hydrogen) atoms. The predicted octanol–water partition coefficient (Wildman–Crippen LogP) is 2.15. The lowest BCUT2D eigenvalue weighted by molar-refractivity contribution is 0.595. The van der Waals surface area contributed by atoms with Crippen LogP contribution in [0.2, 0.25) is 0 Å². The number of nitrogens with zero attached hydrogens (tertiary/aromatic N) is 1. The SMILES string of the molecule is NS(=O)(=O)c1cccc(S(=O)(=O)c2ccc(Cc3cccnc3)cc2)c1. The molecule has 0 spiro atoms. The summed E-state index contributed by atoms with van der Waals surface area (Å²) in [6.45, 7) is 0. The first-order valence-electron chi connectivity index (χ1n) is 7.62. The molecule has 0 saturated heterocycles. The van der Waals surface area contributed by atoms with E-state index in [-0.39, 0.29) is 14.7 Å². The first-order chi connectivity index (χ1) is 12.3. The Morgan fingerprint density at radius 2 is 1.46 bits per heavy atom. The summed E-state index contributed by atoms with van der Waals surface area (Å²) >= 11 is 0. The minimum Gasteiger partial charge on any atom is -0.264 e. The number of nitrogens with two attached hydrogens (primary N) is 1. The lowest BCUT2D eigenvalue weighted by Crippen LogP contribution is -2.13. The van der Waals surface area contributed by atoms with Gasteiger partial charge in [-0.2, -0.15) is 0 Å². The first kappa shape index (κ1) is 18.2. The summed E-state index contributed by atoms with van der Waals surface area (Å²) in [7, 11) is -7.82. The molecule has 1 aromatic heterocycles. The summed E-state index contributed by atoms with van der Waals surface area (Å²) in [5, 5.41) is 5.07. The average molecular weight is 388 g/mol. The molecule has 0 aliphatic heterocycles. The Bertz CT molecular complexity index is 1130. The summed E-state index contributed by atoms with van der Waals surface area (Å²) in [6.07, 6.45) is 4.08. The number of hydrogen-bond acceptors (Lipinski definition) is 5. The molecule has 3 aromatic rings. The monoisotopic (exact) mass is 388 g/mol. The van der Waals surface area contributed by atoms with Crippen LogP contribution in [0.15, 0.2) is 87.7 Å². The summed E-state index contributed by atoms with van der Waals surface area (Å²) in [6, 6.07) is 15.3. The van der Waals surface area contributed by atoms with E-state index >= 15 is 0 Å². The van der Waals surface area contributed by atoms with Crippen LogP contribution in [0, 0.1) is 0 Å². The van der Waals surface area contributed by atoms with Crippen molar-refractivity contribution in [2.24, 2.45) is 5.14 Å². The van der Waals surface area contributed by atoms with Gasteiger partial charge in [-0.15, -0.1) is 0 Å². The second-order valence-corrected chi connectivity index (χ2v) is 9.22. The molecule has 8 heteroatoms. The highest BCUT2D eigenvalue weighted by Gasteiger charge is 2.20. The Morgan fingerprint density at radius 1 is 0.769 bits per heavy atom. The zero-order valence-corrected chi connectivity index (χ0v) is 15.2. The van der Waals surface area contributed by atoms with E-state index in [4.69, 9.17) is 5.14 Å². The fraction of sp³-hybridized carbons (Fsp3) is 0.0556. The van der Waals surface area contributed by atoms with Crippen LogP contribution in [0.25, 0.3) is 0 Å². The second kappa shape index (κ2) is 6.99. The lowest BCUT2D eigenvalue weighted by atomic mass is 10.1. The zero-order valence-electron chi connectivity index (χ0n) is 13.6. The molecule has 1 heterocycles. The molecule has 0 atom stereocenters. The summed E-state index contributed by atoms with van der Waals surface area (Å²) < 4.78 is 48.4. The Morgan fingerprint density at radius 3 is 2.08 bits per heavy atom. The molecule has 0 saturated carbocycles. The summed E-state index contributed by atoms with van der Waals surface area (Å²) in [4.78, 5) is 3.77. The molecule has 0 unspecified atom stereocenters. The maximum Gasteiger partial charge on any atom is 0.238 e. The predicted molar refractivity (Wildman–Crippen MR) is 96.8 cm³/mol. The van der Waals surface area contributed by atoms with Crippen molar-refractivity contribution in [2.75, 3.05) is 0 Å². The highest BCUT2D eigenvalue weighted by atomic mass is 32.2. The normalized spacial score (nSPS) is 12.0. The van der Waals surface area contributed by atoms with Crippen molar-refractivity contribution >= 4 is 19.9 Å². The third-order valence-electron chi connectivity index (χ3n) is 3.81. The van der Waals surface area contributed by atoms with Gasteiger partial charge in [-0.05, 0) is 53.9 Å². The van der Waals surface area contributed by atoms with Crippen molar-refractivity contribution in [1.82, 2.24) is 4.98 Å². The summed E-state index contributed by atoms with van der Waals surface area (Å²) in [5.74, 6) is 0. The largest absolute Gasteiger partial charge is 0.264 e. The highest BCUT2D eigenvalue weighted by Crippen LogP contribution is 2.23. The van der Waals surface area contributed by atoms with Gasteiger partial charge < -0.3 is 0 Å². The topological polar surface area (TPSA) is 107 Å². The van der Waals surface area contributed by atoms with E-state index < -0.39 is 19.9 Å². The van der Waals surface area contributed by atoms with E-state index in [9.17, 15) is 16.8 Å². The van der Waals surface area contributed by atoms with Crippen molar-refractivity contribution in [1.29, 1.82) is 0 Å². The minimum absolute atomic E-state index is 0.0824. The quantitative estimate of drug-likeness (QED) is 0.721. The second-order valence-electron chi connectivity index (χ2n) is 5.71. The summed E-state index contributed by atoms with van der Waals surface area (Å²) in [5.41, 5.74) is 1.96. The van der Waals surface area contributed by atoms with E-state index in [2.05, 4.69) is 4.98 Å². The van der Waals surface area contributed by atoms with Crippen LogP contribution in [0.5, 0.6) is 0 Å². The van der Waals surface area contributed by atoms with Gasteiger partial charge in [0.2, 0.25) is 19.9 Å². The average Bonchev–Trinajstić information content (AvgIpc) is 2.62. The Kier molecular flexibility index (Phi) is 4.90. The van der Waals surface area contributed by atoms with E-state index in [1.807, 2.05) is 12.1 Å². The van der Waals surface area contributed by atoms with Gasteiger partial charge in [0, 0.05) is 12.4 Å². The Hall–Kier alpha value is -2.55. The van der Waals surface area contributed by atoms with Gasteiger partial charge in [-0.1, -0.05) is 24.3 Å². The van der Waals surface area contributed by atoms with Crippen LogP contribution >= 0.6 is 0 Å². The van der Waals surface area contributed by atoms with E-state index in [0.717, 1.165) is 17.2 Å². The van der Waals surface area contributed by atoms with Gasteiger partial charge in [0.05, 0.1) is 14.7 Å². The zero-order chi connectivity index (χ0) is 18.8. The molecule has 0 amide bonds. The van der Waals surface area contributed by atoms with Gasteiger partial charge in [0.15, 0.2) is 0 Å². The molecule has 0 aliphatic rings. The van der Waals surface area contributed by atoms with Crippen molar-refractivity contribution in [3.8, 4) is 0 Å². The number of pyridine rings is 1. The third-order valence-corrected chi connectivity index (χ3v) is 6.49. The van der Waals surface area contributed by atoms with Crippen molar-refractivity contribution in [3.05, 3.63) is 84.2 Å². The number of sulfone groups is 1. The van der Waals surface area contributed by atoms with E-state index in [1.54, 1.807) is 24.5 Å². The number of aromatic nitrogens is 1. The Labute approximate surface area is 152 Å². The number of benzene rings is 2. The molecule has 0 radical (unpaired) electrons. The molecule has 6 nitrogen and oxygen atoms in total. The standard InChI is InChI=1S/C18H16N2O4S2/c19-26(23,24)18-5-1-4-17(12-18)25(21,22)16-8-6-14(7-9-16)11-15-3-2-10-20-13-15/h1-10,12-13H,11H2,(H2,19,23,24). The van der Waals surface area contributed by atoms with E-state index in [0.29, 0.717) is 6.42 Å². The molecule has 0 bridgehead atoms. The molecule has 134 valence electrons. The molecule has 0 fully saturated rings. The van der Waals surface area contributed by atoms with Gasteiger partial charge in [-0.3, -0.25) is 4.98 Å². The molecular formula is C18H16N2O4S2. The van der Waals surface area contributed by atoms with Crippen LogP contribution < -0.4 is 5.14 Å². The van der Waals surface area contributed by atoms with Crippen LogP contribution in [-0.2, 0) is 26.3 Å². The number of hydrogen-bond donors (Lipinski definition) is 1.